The van der Waals surface area contributed by atoms with Gasteiger partial charge in [-0.2, -0.15) is 0 Å². The van der Waals surface area contributed by atoms with Crippen LogP contribution in [-0.4, -0.2) is 36.7 Å². The summed E-state index contributed by atoms with van der Waals surface area (Å²) in [6, 6.07) is 12.2. The van der Waals surface area contributed by atoms with Gasteiger partial charge in [0.05, 0.1) is 6.54 Å². The van der Waals surface area contributed by atoms with E-state index in [0.717, 1.165) is 36.9 Å². The number of aryl methyl sites for hydroxylation is 2. The van der Waals surface area contributed by atoms with Crippen molar-refractivity contribution in [3.05, 3.63) is 59.4 Å². The average molecular weight is 354 g/mol. The number of aromatic nitrogens is 1. The molecule has 0 radical (unpaired) electrons. The number of rotatable bonds is 8. The smallest absolute Gasteiger partial charge is 0.191 e. The van der Waals surface area contributed by atoms with Crippen LogP contribution in [0.4, 0.5) is 0 Å². The minimum absolute atomic E-state index is 0.00792. The molecule has 2 rings (SSSR count). The monoisotopic (exact) mass is 354 g/mol. The fourth-order valence-electron chi connectivity index (χ4n) is 2.49. The van der Waals surface area contributed by atoms with E-state index in [1.807, 2.05) is 44.3 Å². The molecule has 0 fully saturated rings. The Hall–Kier alpha value is -2.56. The van der Waals surface area contributed by atoms with E-state index in [2.05, 4.69) is 46.6 Å². The van der Waals surface area contributed by atoms with E-state index < -0.39 is 0 Å². The van der Waals surface area contributed by atoms with Gasteiger partial charge in [-0.05, 0) is 63.4 Å². The number of hydrogen-bond donors (Lipinski definition) is 2. The quantitative estimate of drug-likeness (QED) is 0.564. The Morgan fingerprint density at radius 3 is 2.73 bits per heavy atom. The maximum absolute atomic E-state index is 5.94. The first-order valence-corrected chi connectivity index (χ1v) is 9.24. The van der Waals surface area contributed by atoms with Crippen LogP contribution in [0.15, 0.2) is 47.6 Å². The fourth-order valence-corrected chi connectivity index (χ4v) is 2.49. The Bertz CT molecular complexity index is 697. The molecule has 1 aromatic carbocycles. The summed E-state index contributed by atoms with van der Waals surface area (Å²) in [4.78, 5) is 8.96. The van der Waals surface area contributed by atoms with Crippen molar-refractivity contribution in [3.8, 4) is 5.75 Å². The van der Waals surface area contributed by atoms with E-state index in [1.165, 1.54) is 11.1 Å². The summed E-state index contributed by atoms with van der Waals surface area (Å²) in [5, 5.41) is 6.64. The molecule has 1 unspecified atom stereocenters. The van der Waals surface area contributed by atoms with Crippen molar-refractivity contribution in [1.29, 1.82) is 0 Å². The summed E-state index contributed by atoms with van der Waals surface area (Å²) in [6.07, 6.45) is 2.85. The topological polar surface area (TPSA) is 58.5 Å². The lowest BCUT2D eigenvalue weighted by atomic mass is 10.2. The molecule has 0 spiro atoms. The molecule has 0 saturated heterocycles. The van der Waals surface area contributed by atoms with Crippen molar-refractivity contribution in [2.24, 2.45) is 4.99 Å². The van der Waals surface area contributed by atoms with Crippen molar-refractivity contribution in [3.63, 3.8) is 0 Å². The molecule has 2 N–H and O–H groups in total. The lowest BCUT2D eigenvalue weighted by Crippen LogP contribution is -2.39. The summed E-state index contributed by atoms with van der Waals surface area (Å²) in [5.41, 5.74) is 3.45. The molecule has 0 aliphatic carbocycles. The third-order valence-electron chi connectivity index (χ3n) is 3.86. The summed E-state index contributed by atoms with van der Waals surface area (Å²) >= 11 is 0. The summed E-state index contributed by atoms with van der Waals surface area (Å²) in [6.45, 7) is 10.4. The van der Waals surface area contributed by atoms with Gasteiger partial charge < -0.3 is 15.4 Å². The highest BCUT2D eigenvalue weighted by atomic mass is 16.5. The predicted molar refractivity (Wildman–Crippen MR) is 108 cm³/mol. The molecule has 2 aromatic rings. The number of ether oxygens (including phenoxy) is 1. The number of benzene rings is 1. The Labute approximate surface area is 156 Å². The molecule has 140 valence electrons. The molecule has 5 heteroatoms. The number of aliphatic imine (C=N–C) groups is 1. The van der Waals surface area contributed by atoms with Crippen LogP contribution in [0.1, 0.15) is 30.7 Å². The molecule has 1 heterocycles. The van der Waals surface area contributed by atoms with Crippen LogP contribution in [0.2, 0.25) is 0 Å². The van der Waals surface area contributed by atoms with Gasteiger partial charge >= 0.3 is 0 Å². The van der Waals surface area contributed by atoms with Crippen molar-refractivity contribution in [1.82, 2.24) is 15.6 Å². The van der Waals surface area contributed by atoms with Gasteiger partial charge in [0.15, 0.2) is 5.96 Å². The average Bonchev–Trinajstić information content (AvgIpc) is 2.61. The molecular formula is C21H30N4O. The van der Waals surface area contributed by atoms with Gasteiger partial charge in [0.1, 0.15) is 11.9 Å². The van der Waals surface area contributed by atoms with Crippen molar-refractivity contribution in [2.45, 2.75) is 40.2 Å². The third kappa shape index (κ3) is 7.13. The highest BCUT2D eigenvalue weighted by molar-refractivity contribution is 5.79. The summed E-state index contributed by atoms with van der Waals surface area (Å²) in [5.74, 6) is 1.70. The molecule has 0 amide bonds. The van der Waals surface area contributed by atoms with Crippen LogP contribution in [-0.2, 0) is 6.42 Å². The Balaban J connectivity index is 1.81. The first kappa shape index (κ1) is 19.8. The lowest BCUT2D eigenvalue weighted by molar-refractivity contribution is 0.230. The van der Waals surface area contributed by atoms with Crippen molar-refractivity contribution in [2.75, 3.05) is 19.6 Å². The van der Waals surface area contributed by atoms with E-state index in [1.54, 1.807) is 0 Å². The fraction of sp³-hybridized carbons (Fsp3) is 0.429. The zero-order chi connectivity index (χ0) is 18.8. The van der Waals surface area contributed by atoms with Gasteiger partial charge in [0.2, 0.25) is 0 Å². The number of nitrogens with one attached hydrogen (secondary N) is 2. The predicted octanol–water partition coefficient (Wildman–Crippen LogP) is 3.26. The molecule has 5 nitrogen and oxygen atoms in total. The zero-order valence-corrected chi connectivity index (χ0v) is 16.2. The molecule has 0 aliphatic heterocycles. The second-order valence-electron chi connectivity index (χ2n) is 6.45. The van der Waals surface area contributed by atoms with E-state index >= 15 is 0 Å². The van der Waals surface area contributed by atoms with E-state index in [9.17, 15) is 0 Å². The van der Waals surface area contributed by atoms with Gasteiger partial charge in [0.25, 0.3) is 0 Å². The van der Waals surface area contributed by atoms with Crippen molar-refractivity contribution >= 4 is 5.96 Å². The molecule has 26 heavy (non-hydrogen) atoms. The summed E-state index contributed by atoms with van der Waals surface area (Å²) < 4.78 is 5.94. The van der Waals surface area contributed by atoms with Gasteiger partial charge in [-0.25, -0.2) is 4.99 Å². The third-order valence-corrected chi connectivity index (χ3v) is 3.86. The van der Waals surface area contributed by atoms with Crippen LogP contribution < -0.4 is 15.4 Å². The van der Waals surface area contributed by atoms with Gasteiger partial charge in [-0.3, -0.25) is 4.98 Å². The number of nitrogens with zero attached hydrogens (tertiary/aromatic N) is 2. The van der Waals surface area contributed by atoms with Crippen LogP contribution in [0.25, 0.3) is 0 Å². The van der Waals surface area contributed by atoms with Crippen LogP contribution in [0.5, 0.6) is 5.75 Å². The molecule has 0 aliphatic rings. The molecular weight excluding hydrogens is 324 g/mol. The largest absolute Gasteiger partial charge is 0.489 e. The number of hydrogen-bond acceptors (Lipinski definition) is 3. The minimum atomic E-state index is 0.00792. The SMILES string of the molecule is CCNC(=NCC(C)Oc1cccc(C)c1)NCCc1ccc(C)nc1. The maximum atomic E-state index is 5.94. The molecule has 0 saturated carbocycles. The Kier molecular flexibility index (Phi) is 7.93. The lowest BCUT2D eigenvalue weighted by Gasteiger charge is -2.15. The Morgan fingerprint density at radius 2 is 2.04 bits per heavy atom. The highest BCUT2D eigenvalue weighted by Gasteiger charge is 2.05. The van der Waals surface area contributed by atoms with Crippen LogP contribution in [0.3, 0.4) is 0 Å². The molecule has 1 atom stereocenters. The number of guanidine groups is 1. The van der Waals surface area contributed by atoms with Crippen LogP contribution >= 0.6 is 0 Å². The minimum Gasteiger partial charge on any atom is -0.489 e. The van der Waals surface area contributed by atoms with Gasteiger partial charge in [-0.1, -0.05) is 18.2 Å². The normalized spacial score (nSPS) is 12.5. The van der Waals surface area contributed by atoms with E-state index in [0.29, 0.717) is 6.54 Å². The second-order valence-corrected chi connectivity index (χ2v) is 6.45. The highest BCUT2D eigenvalue weighted by Crippen LogP contribution is 2.14. The second kappa shape index (κ2) is 10.4. The maximum Gasteiger partial charge on any atom is 0.191 e. The molecule has 0 bridgehead atoms. The van der Waals surface area contributed by atoms with Crippen LogP contribution in [0, 0.1) is 13.8 Å². The van der Waals surface area contributed by atoms with E-state index in [-0.39, 0.29) is 6.10 Å². The van der Waals surface area contributed by atoms with Gasteiger partial charge in [0, 0.05) is 25.0 Å². The van der Waals surface area contributed by atoms with Crippen molar-refractivity contribution < 1.29 is 4.74 Å². The summed E-state index contributed by atoms with van der Waals surface area (Å²) in [7, 11) is 0. The van der Waals surface area contributed by atoms with Gasteiger partial charge in [-0.15, -0.1) is 0 Å². The zero-order valence-electron chi connectivity index (χ0n) is 16.2. The number of pyridine rings is 1. The standard InChI is InChI=1S/C21H30N4O/c1-5-22-21(23-12-11-19-10-9-17(3)24-15-19)25-14-18(4)26-20-8-6-7-16(2)13-20/h6-10,13,15,18H,5,11-12,14H2,1-4H3,(H2,22,23,25). The van der Waals surface area contributed by atoms with E-state index in [4.69, 9.17) is 4.74 Å². The first-order valence-electron chi connectivity index (χ1n) is 9.24. The Morgan fingerprint density at radius 1 is 1.19 bits per heavy atom. The first-order chi connectivity index (χ1) is 12.6. The molecule has 1 aromatic heterocycles.